The van der Waals surface area contributed by atoms with Crippen molar-refractivity contribution in [3.63, 3.8) is 0 Å². The summed E-state index contributed by atoms with van der Waals surface area (Å²) in [6.45, 7) is -0.0636. The van der Waals surface area contributed by atoms with E-state index in [-0.39, 0.29) is 17.6 Å². The highest BCUT2D eigenvalue weighted by atomic mass is 35.5. The maximum Gasteiger partial charge on any atom is 0.416 e. The highest BCUT2D eigenvalue weighted by Crippen LogP contribution is 2.35. The van der Waals surface area contributed by atoms with E-state index in [2.05, 4.69) is 0 Å². The molecule has 0 aromatic heterocycles. The first kappa shape index (κ1) is 19.2. The summed E-state index contributed by atoms with van der Waals surface area (Å²) in [7, 11) is -3.90. The van der Waals surface area contributed by atoms with Crippen LogP contribution in [-0.4, -0.2) is 20.3 Å². The van der Waals surface area contributed by atoms with Gasteiger partial charge in [0, 0.05) is 5.02 Å². The Morgan fingerprint density at radius 3 is 2.31 bits per heavy atom. The van der Waals surface area contributed by atoms with Gasteiger partial charge in [-0.25, -0.2) is 8.42 Å². The van der Waals surface area contributed by atoms with Crippen LogP contribution in [0.2, 0.25) is 5.02 Å². The molecule has 0 radical (unpaired) electrons. The Hall–Kier alpha value is -1.57. The van der Waals surface area contributed by atoms with Crippen molar-refractivity contribution < 1.29 is 26.3 Å². The van der Waals surface area contributed by atoms with Crippen molar-refractivity contribution in [3.05, 3.63) is 64.7 Å². The first-order chi connectivity index (χ1) is 12.2. The topological polar surface area (TPSA) is 43.4 Å². The number of ether oxygens (including phenoxy) is 1. The van der Waals surface area contributed by atoms with Gasteiger partial charge in [0.15, 0.2) is 9.84 Å². The second kappa shape index (κ2) is 7.21. The van der Waals surface area contributed by atoms with Gasteiger partial charge in [0.1, 0.15) is 0 Å². The lowest BCUT2D eigenvalue weighted by Crippen LogP contribution is -2.32. The minimum Gasteiger partial charge on any atom is -0.372 e. The maximum absolute atomic E-state index is 12.8. The monoisotopic (exact) mass is 404 g/mol. The van der Waals surface area contributed by atoms with Crippen LogP contribution in [0.1, 0.15) is 30.1 Å². The van der Waals surface area contributed by atoms with Gasteiger partial charge in [-0.15, -0.1) is 0 Å². The minimum atomic E-state index is -4.59. The quantitative estimate of drug-likeness (QED) is 0.718. The molecule has 3 rings (SSSR count). The van der Waals surface area contributed by atoms with Crippen LogP contribution in [0.25, 0.3) is 0 Å². The number of alkyl halides is 3. The van der Waals surface area contributed by atoms with Gasteiger partial charge in [0.2, 0.25) is 0 Å². The maximum atomic E-state index is 12.8. The number of sulfone groups is 1. The van der Waals surface area contributed by atoms with E-state index in [1.54, 1.807) is 12.1 Å². The number of hydrogen-bond acceptors (Lipinski definition) is 3. The smallest absolute Gasteiger partial charge is 0.372 e. The molecule has 0 spiro atoms. The second-order valence-electron chi connectivity index (χ2n) is 6.14. The van der Waals surface area contributed by atoms with Gasteiger partial charge in [-0.05, 0) is 48.7 Å². The van der Waals surface area contributed by atoms with E-state index in [0.29, 0.717) is 23.9 Å². The van der Waals surface area contributed by atoms with Crippen molar-refractivity contribution >= 4 is 21.4 Å². The Labute approximate surface area is 154 Å². The van der Waals surface area contributed by atoms with Gasteiger partial charge in [0.05, 0.1) is 28.4 Å². The van der Waals surface area contributed by atoms with Crippen molar-refractivity contribution in [1.82, 2.24) is 0 Å². The summed E-state index contributed by atoms with van der Waals surface area (Å²) < 4.78 is 69.6. The molecule has 3 nitrogen and oxygen atoms in total. The zero-order chi connectivity index (χ0) is 18.9. The molecule has 2 unspecified atom stereocenters. The van der Waals surface area contributed by atoms with E-state index in [4.69, 9.17) is 16.3 Å². The third-order valence-electron chi connectivity index (χ3n) is 4.40. The molecule has 0 aliphatic carbocycles. The number of hydrogen-bond donors (Lipinski definition) is 0. The number of rotatable bonds is 3. The third kappa shape index (κ3) is 4.05. The van der Waals surface area contributed by atoms with E-state index in [1.165, 1.54) is 6.07 Å². The van der Waals surface area contributed by atoms with Crippen molar-refractivity contribution in [3.8, 4) is 0 Å². The normalized spacial score (nSPS) is 21.5. The van der Waals surface area contributed by atoms with Gasteiger partial charge in [-0.3, -0.25) is 0 Å². The Kier molecular flexibility index (Phi) is 5.33. The summed E-state index contributed by atoms with van der Waals surface area (Å²) in [5, 5.41) is -0.274. The van der Waals surface area contributed by atoms with Crippen LogP contribution in [0.5, 0.6) is 0 Å². The summed E-state index contributed by atoms with van der Waals surface area (Å²) in [4.78, 5) is -0.328. The average Bonchev–Trinajstić information content (AvgIpc) is 2.62. The highest BCUT2D eigenvalue weighted by molar-refractivity contribution is 7.92. The lowest BCUT2D eigenvalue weighted by molar-refractivity contribution is -0.137. The molecule has 2 aromatic carbocycles. The second-order valence-corrected chi connectivity index (χ2v) is 8.81. The van der Waals surface area contributed by atoms with E-state index < -0.39 is 26.8 Å². The summed E-state index contributed by atoms with van der Waals surface area (Å²) in [6, 6.07) is 10.9. The predicted octanol–water partition coefficient (Wildman–Crippen LogP) is 5.05. The Morgan fingerprint density at radius 1 is 1.04 bits per heavy atom. The van der Waals surface area contributed by atoms with Crippen LogP contribution in [0.4, 0.5) is 13.2 Å². The molecule has 0 saturated carbocycles. The summed E-state index contributed by atoms with van der Waals surface area (Å²) in [6.07, 6.45) is -4.06. The fourth-order valence-electron chi connectivity index (χ4n) is 2.95. The van der Waals surface area contributed by atoms with E-state index in [9.17, 15) is 21.6 Å². The fourth-order valence-corrected chi connectivity index (χ4v) is 4.73. The molecule has 140 valence electrons. The van der Waals surface area contributed by atoms with Crippen molar-refractivity contribution in [1.29, 1.82) is 0 Å². The van der Waals surface area contributed by atoms with Crippen molar-refractivity contribution in [2.75, 3.05) is 6.61 Å². The minimum absolute atomic E-state index is 0.0636. The van der Waals surface area contributed by atoms with Gasteiger partial charge < -0.3 is 4.74 Å². The summed E-state index contributed by atoms with van der Waals surface area (Å²) in [5.74, 6) is 0. The van der Waals surface area contributed by atoms with Crippen LogP contribution in [0, 0.1) is 0 Å². The lowest BCUT2D eigenvalue weighted by Gasteiger charge is -2.29. The first-order valence-electron chi connectivity index (χ1n) is 7.96. The highest BCUT2D eigenvalue weighted by Gasteiger charge is 2.36. The predicted molar refractivity (Wildman–Crippen MR) is 91.8 cm³/mol. The van der Waals surface area contributed by atoms with Gasteiger partial charge in [-0.2, -0.15) is 13.2 Å². The van der Waals surface area contributed by atoms with Crippen LogP contribution >= 0.6 is 11.6 Å². The van der Waals surface area contributed by atoms with Crippen LogP contribution in [-0.2, 0) is 20.8 Å². The molecule has 1 heterocycles. The molecule has 1 fully saturated rings. The molecule has 0 amide bonds. The number of benzene rings is 2. The van der Waals surface area contributed by atoms with Crippen LogP contribution in [0.3, 0.4) is 0 Å². The largest absolute Gasteiger partial charge is 0.416 e. The zero-order valence-electron chi connectivity index (χ0n) is 13.5. The standard InChI is InChI=1S/C18H16ClF3O3S/c19-14-6-4-12(5-7-14)17-9-8-16(11-25-17)26(23,24)15-3-1-2-13(10-15)18(20,21)22/h1-7,10,16-17H,8-9,11H2. The molecule has 0 N–H and O–H groups in total. The van der Waals surface area contributed by atoms with Gasteiger partial charge in [-0.1, -0.05) is 29.8 Å². The first-order valence-corrected chi connectivity index (χ1v) is 9.88. The Morgan fingerprint density at radius 2 is 1.73 bits per heavy atom. The van der Waals surface area contributed by atoms with E-state index in [0.717, 1.165) is 17.7 Å². The van der Waals surface area contributed by atoms with Gasteiger partial charge in [0.25, 0.3) is 0 Å². The molecule has 1 aliphatic rings. The SMILES string of the molecule is O=S(=O)(c1cccc(C(F)(F)F)c1)C1CCC(c2ccc(Cl)cc2)OC1. The average molecular weight is 405 g/mol. The van der Waals surface area contributed by atoms with Crippen LogP contribution in [0.15, 0.2) is 53.4 Å². The number of halogens is 4. The zero-order valence-corrected chi connectivity index (χ0v) is 15.1. The summed E-state index contributed by atoms with van der Waals surface area (Å²) in [5.41, 5.74) is -0.0846. The molecular formula is C18H16ClF3O3S. The fraction of sp³-hybridized carbons (Fsp3) is 0.333. The lowest BCUT2D eigenvalue weighted by atomic mass is 10.0. The van der Waals surface area contributed by atoms with Gasteiger partial charge >= 0.3 is 6.18 Å². The molecule has 2 aromatic rings. The molecule has 1 saturated heterocycles. The molecule has 1 aliphatic heterocycles. The van der Waals surface area contributed by atoms with Crippen LogP contribution < -0.4 is 0 Å². The molecule has 0 bridgehead atoms. The third-order valence-corrected chi connectivity index (χ3v) is 6.82. The summed E-state index contributed by atoms with van der Waals surface area (Å²) >= 11 is 5.85. The molecule has 2 atom stereocenters. The van der Waals surface area contributed by atoms with Crippen molar-refractivity contribution in [2.24, 2.45) is 0 Å². The Bertz CT molecular complexity index is 871. The van der Waals surface area contributed by atoms with E-state index in [1.807, 2.05) is 12.1 Å². The molecule has 26 heavy (non-hydrogen) atoms. The van der Waals surface area contributed by atoms with Crippen molar-refractivity contribution in [2.45, 2.75) is 35.3 Å². The molecular weight excluding hydrogens is 389 g/mol. The van der Waals surface area contributed by atoms with E-state index >= 15 is 0 Å². The Balaban J connectivity index is 1.75. The molecule has 8 heteroatoms.